The second-order valence-corrected chi connectivity index (χ2v) is 6.87. The van der Waals surface area contributed by atoms with E-state index in [1.54, 1.807) is 0 Å². The Bertz CT molecular complexity index is 705. The molecule has 0 bridgehead atoms. The maximum Gasteiger partial charge on any atom is 0.307 e. The molecule has 0 spiro atoms. The number of nitro benzene ring substituents is 1. The molecule has 0 radical (unpaired) electrons. The average molecular weight is 335 g/mol. The van der Waals surface area contributed by atoms with Crippen LogP contribution in [0.25, 0.3) is 0 Å². The molecule has 1 unspecified atom stereocenters. The maximum absolute atomic E-state index is 12.4. The standard InChI is InChI=1S/C11H11ClN2O6S/c12-9-5-8(14(17)18)1-2-10(9)21(19,20)13-4-3-7(6-13)11(15)16/h1-2,5,7H,3-4,6H2,(H,15,16). The van der Waals surface area contributed by atoms with Crippen LogP contribution in [0.2, 0.25) is 5.02 Å². The van der Waals surface area contributed by atoms with E-state index >= 15 is 0 Å². The lowest BCUT2D eigenvalue weighted by molar-refractivity contribution is -0.384. The van der Waals surface area contributed by atoms with E-state index in [4.69, 9.17) is 16.7 Å². The van der Waals surface area contributed by atoms with Gasteiger partial charge in [-0.15, -0.1) is 0 Å². The van der Waals surface area contributed by atoms with Crippen LogP contribution in [0.3, 0.4) is 0 Å². The Morgan fingerprint density at radius 3 is 2.62 bits per heavy atom. The maximum atomic E-state index is 12.4. The zero-order chi connectivity index (χ0) is 15.8. The number of aliphatic carboxylic acids is 1. The molecule has 1 atom stereocenters. The Balaban J connectivity index is 2.33. The first-order valence-corrected chi connectivity index (χ1v) is 7.72. The first-order valence-electron chi connectivity index (χ1n) is 5.90. The van der Waals surface area contributed by atoms with Crippen LogP contribution < -0.4 is 0 Å². The highest BCUT2D eigenvalue weighted by Crippen LogP contribution is 2.31. The average Bonchev–Trinajstić information content (AvgIpc) is 2.88. The largest absolute Gasteiger partial charge is 0.481 e. The van der Waals surface area contributed by atoms with E-state index in [0.29, 0.717) is 0 Å². The zero-order valence-corrected chi connectivity index (χ0v) is 12.2. The molecule has 8 nitrogen and oxygen atoms in total. The molecule has 1 heterocycles. The number of carboxylic acids is 1. The second kappa shape index (κ2) is 5.58. The number of halogens is 1. The van der Waals surface area contributed by atoms with Gasteiger partial charge in [-0.3, -0.25) is 14.9 Å². The van der Waals surface area contributed by atoms with Gasteiger partial charge in [0.2, 0.25) is 10.0 Å². The second-order valence-electron chi connectivity index (χ2n) is 4.56. The van der Waals surface area contributed by atoms with Gasteiger partial charge in [0.1, 0.15) is 4.90 Å². The summed E-state index contributed by atoms with van der Waals surface area (Å²) in [6, 6.07) is 3.06. The highest BCUT2D eigenvalue weighted by atomic mass is 35.5. The highest BCUT2D eigenvalue weighted by Gasteiger charge is 2.36. The summed E-state index contributed by atoms with van der Waals surface area (Å²) in [5, 5.41) is 19.2. The molecule has 1 aromatic rings. The summed E-state index contributed by atoms with van der Waals surface area (Å²) in [4.78, 5) is 20.5. The monoisotopic (exact) mass is 334 g/mol. The molecule has 1 N–H and O–H groups in total. The van der Waals surface area contributed by atoms with Crippen molar-refractivity contribution in [3.05, 3.63) is 33.3 Å². The molecule has 114 valence electrons. The third kappa shape index (κ3) is 2.99. The van der Waals surface area contributed by atoms with E-state index in [9.17, 15) is 23.3 Å². The number of nitro groups is 1. The minimum absolute atomic E-state index is 0.0760. The van der Waals surface area contributed by atoms with Crippen LogP contribution in [0.4, 0.5) is 5.69 Å². The van der Waals surface area contributed by atoms with Crippen molar-refractivity contribution in [1.29, 1.82) is 0 Å². The fraction of sp³-hybridized carbons (Fsp3) is 0.364. The summed E-state index contributed by atoms with van der Waals surface area (Å²) in [5.41, 5.74) is -0.316. The van der Waals surface area contributed by atoms with Crippen LogP contribution >= 0.6 is 11.6 Å². The van der Waals surface area contributed by atoms with Gasteiger partial charge in [-0.1, -0.05) is 11.6 Å². The van der Waals surface area contributed by atoms with Crippen LogP contribution in [-0.2, 0) is 14.8 Å². The minimum Gasteiger partial charge on any atom is -0.481 e. The van der Waals surface area contributed by atoms with Crippen molar-refractivity contribution in [2.45, 2.75) is 11.3 Å². The molecule has 1 fully saturated rings. The fourth-order valence-corrected chi connectivity index (χ4v) is 4.11. The van der Waals surface area contributed by atoms with Gasteiger partial charge >= 0.3 is 5.97 Å². The van der Waals surface area contributed by atoms with Crippen LogP contribution in [0.15, 0.2) is 23.1 Å². The lowest BCUT2D eigenvalue weighted by atomic mass is 10.1. The summed E-state index contributed by atoms with van der Waals surface area (Å²) in [5.74, 6) is -1.81. The summed E-state index contributed by atoms with van der Waals surface area (Å²) in [6.45, 7) is -0.0579. The Hall–Kier alpha value is -1.71. The lowest BCUT2D eigenvalue weighted by Crippen LogP contribution is -2.30. The van der Waals surface area contributed by atoms with E-state index in [2.05, 4.69) is 0 Å². The van der Waals surface area contributed by atoms with Crippen molar-refractivity contribution in [1.82, 2.24) is 4.31 Å². The van der Waals surface area contributed by atoms with Gasteiger partial charge in [0.15, 0.2) is 0 Å². The molecule has 1 saturated heterocycles. The molecule has 21 heavy (non-hydrogen) atoms. The molecular weight excluding hydrogens is 324 g/mol. The smallest absolute Gasteiger partial charge is 0.307 e. The van der Waals surface area contributed by atoms with Gasteiger partial charge in [-0.25, -0.2) is 8.42 Å². The van der Waals surface area contributed by atoms with Crippen molar-refractivity contribution < 1.29 is 23.2 Å². The summed E-state index contributed by atoms with van der Waals surface area (Å²) >= 11 is 5.81. The van der Waals surface area contributed by atoms with Crippen molar-refractivity contribution in [2.75, 3.05) is 13.1 Å². The van der Waals surface area contributed by atoms with Crippen molar-refractivity contribution in [3.63, 3.8) is 0 Å². The molecular formula is C11H11ClN2O6S. The Labute approximate surface area is 125 Å². The number of hydrogen-bond donors (Lipinski definition) is 1. The van der Waals surface area contributed by atoms with Gasteiger partial charge in [-0.2, -0.15) is 4.31 Å². The summed E-state index contributed by atoms with van der Waals surface area (Å²) in [6.07, 6.45) is 0.221. The first-order chi connectivity index (χ1) is 9.73. The first kappa shape index (κ1) is 15.7. The van der Waals surface area contributed by atoms with Crippen LogP contribution in [0.1, 0.15) is 6.42 Å². The van der Waals surface area contributed by atoms with E-state index in [1.807, 2.05) is 0 Å². The van der Waals surface area contributed by atoms with Crippen molar-refractivity contribution in [2.24, 2.45) is 5.92 Å². The number of hydrogen-bond acceptors (Lipinski definition) is 5. The molecule has 1 aromatic carbocycles. The zero-order valence-electron chi connectivity index (χ0n) is 10.6. The Kier molecular flexibility index (Phi) is 4.17. The number of carboxylic acid groups (broad SMARTS) is 1. The quantitative estimate of drug-likeness (QED) is 0.655. The molecule has 1 aliphatic heterocycles. The molecule has 1 aliphatic rings. The predicted molar refractivity (Wildman–Crippen MR) is 72.6 cm³/mol. The predicted octanol–water partition coefficient (Wildman–Crippen LogP) is 1.34. The molecule has 2 rings (SSSR count). The van der Waals surface area contributed by atoms with E-state index in [1.165, 1.54) is 0 Å². The van der Waals surface area contributed by atoms with Crippen LogP contribution in [0, 0.1) is 16.0 Å². The molecule has 0 aromatic heterocycles. The van der Waals surface area contributed by atoms with Gasteiger partial charge in [0.05, 0.1) is 15.9 Å². The van der Waals surface area contributed by atoms with Crippen LogP contribution in [-0.4, -0.2) is 41.8 Å². The van der Waals surface area contributed by atoms with Crippen LogP contribution in [0.5, 0.6) is 0 Å². The van der Waals surface area contributed by atoms with Crippen molar-refractivity contribution >= 4 is 33.3 Å². The van der Waals surface area contributed by atoms with Gasteiger partial charge in [0, 0.05) is 25.2 Å². The minimum atomic E-state index is -3.96. The van der Waals surface area contributed by atoms with Gasteiger partial charge in [0.25, 0.3) is 5.69 Å². The molecule has 0 amide bonds. The lowest BCUT2D eigenvalue weighted by Gasteiger charge is -2.16. The van der Waals surface area contributed by atoms with Crippen molar-refractivity contribution in [3.8, 4) is 0 Å². The molecule has 0 aliphatic carbocycles. The number of carbonyl (C=O) groups is 1. The number of non-ortho nitro benzene ring substituents is 1. The Morgan fingerprint density at radius 2 is 2.14 bits per heavy atom. The fourth-order valence-electron chi connectivity index (χ4n) is 2.10. The number of nitrogens with zero attached hydrogens (tertiary/aromatic N) is 2. The molecule has 10 heteroatoms. The van der Waals surface area contributed by atoms with E-state index in [-0.39, 0.29) is 35.1 Å². The SMILES string of the molecule is O=C(O)C1CCN(S(=O)(=O)c2ccc([N+](=O)[O-])cc2Cl)C1. The van der Waals surface area contributed by atoms with Gasteiger partial charge in [-0.05, 0) is 12.5 Å². The highest BCUT2D eigenvalue weighted by molar-refractivity contribution is 7.89. The Morgan fingerprint density at radius 1 is 1.48 bits per heavy atom. The molecule has 0 saturated carbocycles. The summed E-state index contributed by atoms with van der Waals surface area (Å²) < 4.78 is 25.8. The third-order valence-corrected chi connectivity index (χ3v) is 5.59. The number of sulfonamides is 1. The normalized spacial score (nSPS) is 19.6. The number of benzene rings is 1. The third-order valence-electron chi connectivity index (χ3n) is 3.24. The summed E-state index contributed by atoms with van der Waals surface area (Å²) in [7, 11) is -3.96. The number of rotatable bonds is 4. The topological polar surface area (TPSA) is 118 Å². The van der Waals surface area contributed by atoms with E-state index < -0.39 is 26.8 Å². The van der Waals surface area contributed by atoms with E-state index in [0.717, 1.165) is 22.5 Å². The van der Waals surface area contributed by atoms with Gasteiger partial charge < -0.3 is 5.11 Å².